The number of cyclic esters (lactones) is 1. The van der Waals surface area contributed by atoms with E-state index in [0.29, 0.717) is 19.6 Å². The van der Waals surface area contributed by atoms with E-state index in [-0.39, 0.29) is 17.8 Å². The zero-order chi connectivity index (χ0) is 20.3. The molecule has 2 aliphatic heterocycles. The lowest BCUT2D eigenvalue weighted by Crippen LogP contribution is -2.35. The highest BCUT2D eigenvalue weighted by molar-refractivity contribution is 5.92. The fourth-order valence-corrected chi connectivity index (χ4v) is 5.21. The third kappa shape index (κ3) is 4.55. The van der Waals surface area contributed by atoms with Crippen LogP contribution in [0.1, 0.15) is 50.5 Å². The second kappa shape index (κ2) is 8.70. The maximum atomic E-state index is 12.5. The van der Waals surface area contributed by atoms with Crippen molar-refractivity contribution < 1.29 is 14.3 Å². The quantitative estimate of drug-likeness (QED) is 0.605. The minimum atomic E-state index is -0.437. The van der Waals surface area contributed by atoms with Crippen LogP contribution in [0.25, 0.3) is 0 Å². The number of benzene rings is 1. The first-order chi connectivity index (χ1) is 14.0. The molecule has 5 nitrogen and oxygen atoms in total. The van der Waals surface area contributed by atoms with Gasteiger partial charge in [0.25, 0.3) is 0 Å². The summed E-state index contributed by atoms with van der Waals surface area (Å²) in [7, 11) is 0. The van der Waals surface area contributed by atoms with Gasteiger partial charge in [0.2, 0.25) is 5.91 Å². The highest BCUT2D eigenvalue weighted by atomic mass is 16.5. The molecule has 2 atom stereocenters. The molecule has 3 fully saturated rings. The minimum absolute atomic E-state index is 0.0449. The summed E-state index contributed by atoms with van der Waals surface area (Å²) in [4.78, 5) is 27.2. The van der Waals surface area contributed by atoms with Crippen LogP contribution in [0, 0.1) is 11.3 Å². The van der Waals surface area contributed by atoms with Crippen molar-refractivity contribution in [2.24, 2.45) is 11.3 Å². The maximum absolute atomic E-state index is 12.5. The first kappa shape index (κ1) is 20.1. The number of nitrogens with one attached hydrogen (secondary N) is 1. The number of carbonyl (C=O) groups is 2. The van der Waals surface area contributed by atoms with Gasteiger partial charge in [-0.25, -0.2) is 0 Å². The first-order valence-corrected chi connectivity index (χ1v) is 11.0. The molecule has 0 bridgehead atoms. The van der Waals surface area contributed by atoms with E-state index in [1.165, 1.54) is 32.1 Å². The zero-order valence-corrected chi connectivity index (χ0v) is 17.3. The van der Waals surface area contributed by atoms with Crippen molar-refractivity contribution >= 4 is 17.6 Å². The van der Waals surface area contributed by atoms with Crippen LogP contribution in [-0.2, 0) is 20.7 Å². The van der Waals surface area contributed by atoms with E-state index in [1.807, 2.05) is 24.3 Å². The van der Waals surface area contributed by atoms with Crippen LogP contribution in [0.5, 0.6) is 0 Å². The third-order valence-corrected chi connectivity index (χ3v) is 6.78. The molecule has 1 saturated carbocycles. The molecular weight excluding hydrogens is 364 g/mol. The topological polar surface area (TPSA) is 58.6 Å². The Balaban J connectivity index is 1.34. The van der Waals surface area contributed by atoms with Crippen molar-refractivity contribution in [1.29, 1.82) is 0 Å². The number of rotatable bonds is 5. The van der Waals surface area contributed by atoms with Crippen LogP contribution < -0.4 is 5.32 Å². The number of nitrogens with zero attached hydrogens (tertiary/aromatic N) is 1. The molecule has 1 aliphatic carbocycles. The van der Waals surface area contributed by atoms with Gasteiger partial charge < -0.3 is 10.1 Å². The van der Waals surface area contributed by atoms with E-state index in [0.717, 1.165) is 42.8 Å². The molecule has 4 rings (SSSR count). The van der Waals surface area contributed by atoms with Gasteiger partial charge in [0, 0.05) is 11.6 Å². The molecule has 3 aliphatic rings. The van der Waals surface area contributed by atoms with E-state index in [4.69, 9.17) is 4.74 Å². The summed E-state index contributed by atoms with van der Waals surface area (Å²) >= 11 is 0. The summed E-state index contributed by atoms with van der Waals surface area (Å²) in [5.74, 6) is 0.218. The van der Waals surface area contributed by atoms with Crippen LogP contribution in [0.2, 0.25) is 0 Å². The summed E-state index contributed by atoms with van der Waals surface area (Å²) in [6, 6.07) is 7.92. The average molecular weight is 397 g/mol. The van der Waals surface area contributed by atoms with Crippen LogP contribution >= 0.6 is 0 Å². The number of ether oxygens (including phenoxy) is 1. The monoisotopic (exact) mass is 396 g/mol. The minimum Gasteiger partial charge on any atom is -0.465 e. The lowest BCUT2D eigenvalue weighted by atomic mass is 9.75. The largest absolute Gasteiger partial charge is 0.465 e. The van der Waals surface area contributed by atoms with Gasteiger partial charge in [0.15, 0.2) is 0 Å². The Kier molecular flexibility index (Phi) is 6.04. The Bertz CT molecular complexity index is 765. The Labute approximate surface area is 173 Å². The molecule has 1 aromatic rings. The van der Waals surface area contributed by atoms with Gasteiger partial charge in [-0.15, -0.1) is 0 Å². The second-order valence-corrected chi connectivity index (χ2v) is 9.05. The van der Waals surface area contributed by atoms with E-state index in [2.05, 4.69) is 16.8 Å². The highest BCUT2D eigenvalue weighted by Crippen LogP contribution is 2.52. The molecule has 2 unspecified atom stereocenters. The van der Waals surface area contributed by atoms with Crippen molar-refractivity contribution in [3.05, 3.63) is 42.0 Å². The summed E-state index contributed by atoms with van der Waals surface area (Å²) < 4.78 is 5.37. The fraction of sp³-hybridized carbons (Fsp3) is 0.583. The van der Waals surface area contributed by atoms with Gasteiger partial charge in [-0.2, -0.15) is 0 Å². The van der Waals surface area contributed by atoms with E-state index in [9.17, 15) is 9.59 Å². The van der Waals surface area contributed by atoms with Crippen molar-refractivity contribution in [3.63, 3.8) is 0 Å². The molecule has 2 heterocycles. The predicted molar refractivity (Wildman–Crippen MR) is 114 cm³/mol. The van der Waals surface area contributed by atoms with Gasteiger partial charge in [0.1, 0.15) is 0 Å². The molecule has 29 heavy (non-hydrogen) atoms. The van der Waals surface area contributed by atoms with Gasteiger partial charge >= 0.3 is 5.97 Å². The number of likely N-dealkylation sites (tertiary alicyclic amines) is 1. The zero-order valence-electron chi connectivity index (χ0n) is 17.3. The molecular formula is C24H32N2O3. The van der Waals surface area contributed by atoms with Crippen molar-refractivity contribution in [2.45, 2.75) is 51.4 Å². The Morgan fingerprint density at radius 1 is 1.14 bits per heavy atom. The summed E-state index contributed by atoms with van der Waals surface area (Å²) in [6.07, 6.45) is 8.50. The second-order valence-electron chi connectivity index (χ2n) is 9.05. The van der Waals surface area contributed by atoms with Crippen molar-refractivity contribution in [2.75, 3.05) is 31.6 Å². The fourth-order valence-electron chi connectivity index (χ4n) is 5.21. The van der Waals surface area contributed by atoms with Crippen LogP contribution in [0.15, 0.2) is 36.4 Å². The molecule has 0 aromatic heterocycles. The van der Waals surface area contributed by atoms with Crippen molar-refractivity contribution in [3.8, 4) is 0 Å². The van der Waals surface area contributed by atoms with Crippen molar-refractivity contribution in [1.82, 2.24) is 4.90 Å². The molecule has 5 heteroatoms. The van der Waals surface area contributed by atoms with Crippen LogP contribution in [0.3, 0.4) is 0 Å². The Morgan fingerprint density at radius 3 is 2.55 bits per heavy atom. The molecule has 1 aromatic carbocycles. The molecule has 1 amide bonds. The number of amides is 1. The average Bonchev–Trinajstić information content (AvgIpc) is 3.13. The number of hydrogen-bond donors (Lipinski definition) is 1. The maximum Gasteiger partial charge on any atom is 0.313 e. The van der Waals surface area contributed by atoms with Crippen LogP contribution in [-0.4, -0.2) is 43.0 Å². The lowest BCUT2D eigenvalue weighted by molar-refractivity contribution is -0.146. The number of carbonyl (C=O) groups excluding carboxylic acids is 2. The van der Waals surface area contributed by atoms with Gasteiger partial charge in [-0.1, -0.05) is 43.5 Å². The smallest absolute Gasteiger partial charge is 0.313 e. The van der Waals surface area contributed by atoms with Crippen LogP contribution in [0.4, 0.5) is 5.69 Å². The molecule has 2 saturated heterocycles. The number of allylic oxidation sites excluding steroid dienone is 1. The predicted octanol–water partition coefficient (Wildman–Crippen LogP) is 3.94. The summed E-state index contributed by atoms with van der Waals surface area (Å²) in [5, 5.41) is 3.02. The highest BCUT2D eigenvalue weighted by Gasteiger charge is 2.55. The molecule has 1 N–H and O–H groups in total. The summed E-state index contributed by atoms with van der Waals surface area (Å²) in [5.41, 5.74) is 2.63. The number of anilines is 1. The molecule has 0 radical (unpaired) electrons. The number of hydrogen-bond acceptors (Lipinski definition) is 4. The standard InChI is InChI=1S/C24H32N2O3/c1-18-13-20-17-29-23(28)24(20,14-18)15-19-7-9-21(10-8-19)25-22(27)16-26-11-5-3-2-4-6-12-26/h7-10,20H,1-6,11-17H2,(H,25,27). The first-order valence-electron chi connectivity index (χ1n) is 11.0. The van der Waals surface area contributed by atoms with Gasteiger partial charge in [0.05, 0.1) is 18.6 Å². The van der Waals surface area contributed by atoms with Gasteiger partial charge in [-0.05, 0) is 62.9 Å². The summed E-state index contributed by atoms with van der Waals surface area (Å²) in [6.45, 7) is 7.10. The Morgan fingerprint density at radius 2 is 1.83 bits per heavy atom. The van der Waals surface area contributed by atoms with E-state index in [1.54, 1.807) is 0 Å². The van der Waals surface area contributed by atoms with E-state index < -0.39 is 5.41 Å². The SMILES string of the molecule is C=C1CC2COC(=O)C2(Cc2ccc(NC(=O)CN3CCCCCCC3)cc2)C1. The number of fused-ring (bicyclic) bond motifs is 1. The normalized spacial score (nSPS) is 27.8. The third-order valence-electron chi connectivity index (χ3n) is 6.78. The molecule has 156 valence electrons. The lowest BCUT2D eigenvalue weighted by Gasteiger charge is -2.24. The Hall–Kier alpha value is -2.14. The molecule has 0 spiro atoms. The number of esters is 1. The van der Waals surface area contributed by atoms with E-state index >= 15 is 0 Å². The van der Waals surface area contributed by atoms with Gasteiger partial charge in [-0.3, -0.25) is 14.5 Å².